The molecule has 214 valence electrons. The average Bonchev–Trinajstić information content (AvgIpc) is 3.62. The molecular weight excluding hydrogens is 540 g/mol. The van der Waals surface area contributed by atoms with Crippen molar-refractivity contribution in [1.29, 1.82) is 0 Å². The predicted octanol–water partition coefficient (Wildman–Crippen LogP) is 8.88. The molecule has 0 amide bonds. The first-order chi connectivity index (χ1) is 21.8. The Bertz CT molecular complexity index is 2050. The number of benzene rings is 5. The summed E-state index contributed by atoms with van der Waals surface area (Å²) in [6.45, 7) is 0. The standard InChI is InChI=1S/C39H32N4O/c1-3-11-25(12-4-1)37-40-38(26-13-5-2-6-14-26)42-39(41-37)27-19-21-28(22-20-27)43-33-17-9-7-15-29(33)31-23-32-30-16-8-10-18-35(30)44-36(32)24-34(31)43/h1-8,10-16,18-24,29,33,37,39,41H,9,17H2,(H,40,42). The highest BCUT2D eigenvalue weighted by molar-refractivity contribution is 6.07. The molecule has 0 fully saturated rings. The lowest BCUT2D eigenvalue weighted by atomic mass is 9.87. The van der Waals surface area contributed by atoms with Gasteiger partial charge in [0.25, 0.3) is 0 Å². The van der Waals surface area contributed by atoms with E-state index in [-0.39, 0.29) is 12.3 Å². The Morgan fingerprint density at radius 2 is 1.50 bits per heavy atom. The highest BCUT2D eigenvalue weighted by atomic mass is 16.3. The van der Waals surface area contributed by atoms with Gasteiger partial charge in [-0.25, -0.2) is 4.99 Å². The van der Waals surface area contributed by atoms with Crippen molar-refractivity contribution in [2.24, 2.45) is 4.99 Å². The summed E-state index contributed by atoms with van der Waals surface area (Å²) in [5.41, 5.74) is 9.12. The summed E-state index contributed by atoms with van der Waals surface area (Å²) < 4.78 is 6.33. The highest BCUT2D eigenvalue weighted by Crippen LogP contribution is 2.51. The Labute approximate surface area is 256 Å². The van der Waals surface area contributed by atoms with Crippen molar-refractivity contribution in [3.8, 4) is 0 Å². The molecule has 0 radical (unpaired) electrons. The van der Waals surface area contributed by atoms with Gasteiger partial charge in [0.15, 0.2) is 0 Å². The van der Waals surface area contributed by atoms with Crippen molar-refractivity contribution in [3.05, 3.63) is 156 Å². The van der Waals surface area contributed by atoms with E-state index in [4.69, 9.17) is 9.41 Å². The molecule has 0 spiro atoms. The number of aliphatic imine (C=N–C) groups is 1. The van der Waals surface area contributed by atoms with E-state index in [1.54, 1.807) is 0 Å². The molecule has 5 heteroatoms. The molecule has 0 saturated heterocycles. The van der Waals surface area contributed by atoms with Crippen molar-refractivity contribution in [1.82, 2.24) is 10.6 Å². The van der Waals surface area contributed by atoms with Gasteiger partial charge in [-0.15, -0.1) is 0 Å². The topological polar surface area (TPSA) is 52.8 Å². The Balaban J connectivity index is 1.10. The van der Waals surface area contributed by atoms with Crippen molar-refractivity contribution < 1.29 is 4.42 Å². The smallest absolute Gasteiger partial charge is 0.137 e. The SMILES string of the molecule is C1=CC2c3cc4c(cc3N(c3ccc(C5N=C(c6ccccc6)NC(c6ccccc6)N5)cc3)C2CC1)oc1ccccc14. The van der Waals surface area contributed by atoms with Gasteiger partial charge in [0.2, 0.25) is 0 Å². The van der Waals surface area contributed by atoms with Crippen LogP contribution in [0.2, 0.25) is 0 Å². The van der Waals surface area contributed by atoms with Crippen LogP contribution in [0.1, 0.15) is 53.3 Å². The van der Waals surface area contributed by atoms with E-state index in [2.05, 4.69) is 137 Å². The minimum Gasteiger partial charge on any atom is -0.456 e. The molecule has 5 nitrogen and oxygen atoms in total. The van der Waals surface area contributed by atoms with Gasteiger partial charge in [-0.1, -0.05) is 103 Å². The zero-order chi connectivity index (χ0) is 29.0. The number of para-hydroxylation sites is 1. The van der Waals surface area contributed by atoms with Crippen molar-refractivity contribution in [3.63, 3.8) is 0 Å². The summed E-state index contributed by atoms with van der Waals surface area (Å²) in [6, 6.07) is 43.3. The molecule has 2 N–H and O–H groups in total. The molecule has 0 saturated carbocycles. The van der Waals surface area contributed by atoms with Crippen LogP contribution in [-0.4, -0.2) is 11.9 Å². The molecule has 6 aromatic rings. The maximum absolute atomic E-state index is 6.33. The molecule has 4 atom stereocenters. The van der Waals surface area contributed by atoms with Crippen molar-refractivity contribution in [2.45, 2.75) is 37.1 Å². The van der Waals surface area contributed by atoms with Crippen LogP contribution in [-0.2, 0) is 0 Å². The fourth-order valence-electron chi connectivity index (χ4n) is 7.29. The lowest BCUT2D eigenvalue weighted by Crippen LogP contribution is -2.44. The lowest BCUT2D eigenvalue weighted by molar-refractivity contribution is 0.409. The zero-order valence-electron chi connectivity index (χ0n) is 24.2. The molecule has 3 heterocycles. The second-order valence-electron chi connectivity index (χ2n) is 12.0. The molecule has 1 aromatic heterocycles. The number of hydrogen-bond acceptors (Lipinski definition) is 5. The Hall–Kier alpha value is -5.13. The third kappa shape index (κ3) is 4.15. The van der Waals surface area contributed by atoms with Crippen LogP contribution >= 0.6 is 0 Å². The van der Waals surface area contributed by atoms with E-state index in [1.807, 2.05) is 12.1 Å². The summed E-state index contributed by atoms with van der Waals surface area (Å²) in [7, 11) is 0. The van der Waals surface area contributed by atoms with Crippen LogP contribution in [0, 0.1) is 0 Å². The van der Waals surface area contributed by atoms with Crippen molar-refractivity contribution in [2.75, 3.05) is 4.90 Å². The van der Waals surface area contributed by atoms with Gasteiger partial charge in [-0.2, -0.15) is 0 Å². The fraction of sp³-hybridized carbons (Fsp3) is 0.154. The first-order valence-corrected chi connectivity index (χ1v) is 15.5. The van der Waals surface area contributed by atoms with Crippen LogP contribution in [0.25, 0.3) is 21.9 Å². The number of allylic oxidation sites excluding steroid dienone is 1. The molecular formula is C39H32N4O. The third-order valence-electron chi connectivity index (χ3n) is 9.39. The van der Waals surface area contributed by atoms with Gasteiger partial charge >= 0.3 is 0 Å². The zero-order valence-corrected chi connectivity index (χ0v) is 24.2. The Morgan fingerprint density at radius 1 is 0.727 bits per heavy atom. The molecule has 1 aliphatic carbocycles. The number of anilines is 2. The first kappa shape index (κ1) is 25.4. The van der Waals surface area contributed by atoms with Crippen molar-refractivity contribution >= 4 is 39.1 Å². The van der Waals surface area contributed by atoms with Gasteiger partial charge in [0, 0.05) is 45.7 Å². The highest BCUT2D eigenvalue weighted by Gasteiger charge is 2.39. The second kappa shape index (κ2) is 10.2. The molecule has 2 aliphatic heterocycles. The normalized spacial score (nSPS) is 22.5. The molecule has 5 aromatic carbocycles. The van der Waals surface area contributed by atoms with Crippen LogP contribution in [0.3, 0.4) is 0 Å². The van der Waals surface area contributed by atoms with E-state index in [0.29, 0.717) is 12.0 Å². The largest absolute Gasteiger partial charge is 0.456 e. The van der Waals surface area contributed by atoms with Crippen LogP contribution in [0.15, 0.2) is 143 Å². The average molecular weight is 573 g/mol. The second-order valence-corrected chi connectivity index (χ2v) is 12.0. The number of amidine groups is 1. The van der Waals surface area contributed by atoms with E-state index >= 15 is 0 Å². The molecule has 4 unspecified atom stereocenters. The van der Waals surface area contributed by atoms with Gasteiger partial charge < -0.3 is 14.6 Å². The lowest BCUT2D eigenvalue weighted by Gasteiger charge is -2.33. The first-order valence-electron chi connectivity index (χ1n) is 15.5. The quantitative estimate of drug-likeness (QED) is 0.207. The summed E-state index contributed by atoms with van der Waals surface area (Å²) in [5, 5.41) is 9.74. The molecule has 44 heavy (non-hydrogen) atoms. The summed E-state index contributed by atoms with van der Waals surface area (Å²) in [4.78, 5) is 7.68. The maximum Gasteiger partial charge on any atom is 0.137 e. The third-order valence-corrected chi connectivity index (χ3v) is 9.39. The molecule has 9 rings (SSSR count). The van der Waals surface area contributed by atoms with Crippen LogP contribution in [0.4, 0.5) is 11.4 Å². The predicted molar refractivity (Wildman–Crippen MR) is 178 cm³/mol. The maximum atomic E-state index is 6.33. The monoisotopic (exact) mass is 572 g/mol. The molecule has 0 bridgehead atoms. The van der Waals surface area contributed by atoms with E-state index < -0.39 is 0 Å². The van der Waals surface area contributed by atoms with Gasteiger partial charge in [0.05, 0.1) is 0 Å². The number of furan rings is 1. The number of fused-ring (bicyclic) bond motifs is 6. The number of rotatable bonds is 4. The minimum absolute atomic E-state index is 0.0555. The van der Waals surface area contributed by atoms with Gasteiger partial charge in [0.1, 0.15) is 29.3 Å². The van der Waals surface area contributed by atoms with E-state index in [0.717, 1.165) is 41.0 Å². The Morgan fingerprint density at radius 3 is 2.34 bits per heavy atom. The fourth-order valence-corrected chi connectivity index (χ4v) is 7.29. The number of nitrogens with one attached hydrogen (secondary N) is 2. The van der Waals surface area contributed by atoms with Gasteiger partial charge in [-0.3, -0.25) is 5.32 Å². The van der Waals surface area contributed by atoms with E-state index in [9.17, 15) is 0 Å². The summed E-state index contributed by atoms with van der Waals surface area (Å²) in [5.74, 6) is 1.26. The molecule has 3 aliphatic rings. The van der Waals surface area contributed by atoms with Crippen LogP contribution in [0.5, 0.6) is 0 Å². The number of hydrogen-bond donors (Lipinski definition) is 2. The Kier molecular flexibility index (Phi) is 5.91. The summed E-state index contributed by atoms with van der Waals surface area (Å²) in [6.07, 6.45) is 6.75. The van der Waals surface area contributed by atoms with E-state index in [1.165, 1.54) is 33.3 Å². The van der Waals surface area contributed by atoms with Crippen LogP contribution < -0.4 is 15.5 Å². The van der Waals surface area contributed by atoms with Gasteiger partial charge in [-0.05, 0) is 53.8 Å². The minimum atomic E-state index is -0.183. The number of nitrogens with zero attached hydrogens (tertiary/aromatic N) is 2. The summed E-state index contributed by atoms with van der Waals surface area (Å²) >= 11 is 0.